The van der Waals surface area contributed by atoms with Crippen LogP contribution in [0.2, 0.25) is 0 Å². The van der Waals surface area contributed by atoms with Gasteiger partial charge in [-0.3, -0.25) is 14.3 Å². The van der Waals surface area contributed by atoms with Crippen molar-refractivity contribution in [2.45, 2.75) is 18.9 Å². The Morgan fingerprint density at radius 3 is 2.58 bits per heavy atom. The summed E-state index contributed by atoms with van der Waals surface area (Å²) in [6, 6.07) is 19.8. The zero-order valence-corrected chi connectivity index (χ0v) is 20.1. The van der Waals surface area contributed by atoms with Gasteiger partial charge in [-0.25, -0.2) is 4.98 Å². The molecule has 5 rings (SSSR count). The van der Waals surface area contributed by atoms with Crippen LogP contribution in [0.15, 0.2) is 79.3 Å². The van der Waals surface area contributed by atoms with Gasteiger partial charge in [-0.05, 0) is 29.2 Å². The number of pyridine rings is 1. The second kappa shape index (κ2) is 10.0. The fraction of sp³-hybridized carbons (Fsp3) is 0.214. The maximum atomic E-state index is 13.0. The molecule has 0 aliphatic carbocycles. The summed E-state index contributed by atoms with van der Waals surface area (Å²) in [5, 5.41) is 7.19. The van der Waals surface area contributed by atoms with Crippen molar-refractivity contribution in [2.75, 3.05) is 18.8 Å². The van der Waals surface area contributed by atoms with E-state index < -0.39 is 0 Å². The number of carbonyl (C=O) groups excluding carboxylic acids is 2. The van der Waals surface area contributed by atoms with E-state index in [9.17, 15) is 9.59 Å². The molecule has 1 aliphatic heterocycles. The lowest BCUT2D eigenvalue weighted by atomic mass is 10.0. The van der Waals surface area contributed by atoms with Crippen molar-refractivity contribution < 1.29 is 9.59 Å². The summed E-state index contributed by atoms with van der Waals surface area (Å²) in [7, 11) is 1.83. The summed E-state index contributed by atoms with van der Waals surface area (Å²) in [6.45, 7) is 1.07. The average molecular weight is 481 g/mol. The fourth-order valence-electron chi connectivity index (χ4n) is 4.53. The van der Waals surface area contributed by atoms with Crippen LogP contribution in [0.3, 0.4) is 0 Å². The Morgan fingerprint density at radius 2 is 1.81 bits per heavy atom. The maximum absolute atomic E-state index is 13.0. The summed E-state index contributed by atoms with van der Waals surface area (Å²) in [6.07, 6.45) is 6.21. The predicted octanol–water partition coefficient (Wildman–Crippen LogP) is 3.30. The Hall–Kier alpha value is -4.46. The number of amides is 2. The lowest BCUT2D eigenvalue weighted by molar-refractivity contribution is -0.129. The Balaban J connectivity index is 1.21. The average Bonchev–Trinajstić information content (AvgIpc) is 3.54. The van der Waals surface area contributed by atoms with Crippen molar-refractivity contribution in [2.24, 2.45) is 7.05 Å². The lowest BCUT2D eigenvalue weighted by Crippen LogP contribution is -2.39. The van der Waals surface area contributed by atoms with Gasteiger partial charge in [-0.1, -0.05) is 54.6 Å². The van der Waals surface area contributed by atoms with Crippen LogP contribution in [0, 0.1) is 0 Å². The highest BCUT2D eigenvalue weighted by Crippen LogP contribution is 2.23. The zero-order chi connectivity index (χ0) is 25.1. The van der Waals surface area contributed by atoms with E-state index in [4.69, 9.17) is 5.73 Å². The van der Waals surface area contributed by atoms with Gasteiger partial charge in [0.25, 0.3) is 5.91 Å². The Bertz CT molecular complexity index is 1400. The number of nitrogens with one attached hydrogen (secondary N) is 1. The number of hydrogen-bond donors (Lipinski definition) is 2. The number of hydrogen-bond acceptors (Lipinski definition) is 5. The molecule has 182 valence electrons. The second-order valence-corrected chi connectivity index (χ2v) is 9.10. The largest absolute Gasteiger partial charge is 0.383 e. The number of anilines is 1. The van der Waals surface area contributed by atoms with Gasteiger partial charge in [-0.15, -0.1) is 0 Å². The number of likely N-dealkylation sites (tertiary alicyclic amines) is 1. The van der Waals surface area contributed by atoms with E-state index in [0.29, 0.717) is 31.5 Å². The molecule has 1 saturated heterocycles. The smallest absolute Gasteiger partial charge is 0.255 e. The standard InChI is InChI=1S/C28H28N6O2/c1-33-17-23(16-31-33)22-14-25(27(29)30-15-22)28(36)32-24-10-11-34(18-24)26(35)13-19-6-5-9-21(12-19)20-7-3-2-4-8-20/h2-9,12,14-17,24H,10-11,13,18H2,1H3,(H2,29,30)(H,32,36)/t24-/m1/s1. The number of nitrogen functional groups attached to an aromatic ring is 1. The molecule has 4 aromatic rings. The van der Waals surface area contributed by atoms with E-state index in [1.165, 1.54) is 0 Å². The molecule has 1 aliphatic rings. The minimum absolute atomic E-state index is 0.0525. The predicted molar refractivity (Wildman–Crippen MR) is 139 cm³/mol. The van der Waals surface area contributed by atoms with E-state index in [1.54, 1.807) is 23.1 Å². The molecule has 0 spiro atoms. The normalized spacial score (nSPS) is 15.1. The summed E-state index contributed by atoms with van der Waals surface area (Å²) >= 11 is 0. The van der Waals surface area contributed by atoms with Crippen molar-refractivity contribution in [1.82, 2.24) is 25.0 Å². The number of rotatable bonds is 6. The molecule has 36 heavy (non-hydrogen) atoms. The Labute approximate surface area is 209 Å². The minimum atomic E-state index is -0.291. The fourth-order valence-corrected chi connectivity index (χ4v) is 4.53. The number of benzene rings is 2. The summed E-state index contributed by atoms with van der Waals surface area (Å²) in [5.41, 5.74) is 11.1. The third-order valence-electron chi connectivity index (χ3n) is 6.47. The van der Waals surface area contributed by atoms with E-state index in [2.05, 4.69) is 39.7 Å². The van der Waals surface area contributed by atoms with Crippen LogP contribution in [-0.4, -0.2) is 50.6 Å². The Kier molecular flexibility index (Phi) is 6.49. The van der Waals surface area contributed by atoms with Crippen molar-refractivity contribution in [3.63, 3.8) is 0 Å². The van der Waals surface area contributed by atoms with Gasteiger partial charge in [0, 0.05) is 49.7 Å². The molecule has 2 aromatic carbocycles. The van der Waals surface area contributed by atoms with Crippen LogP contribution < -0.4 is 11.1 Å². The number of aryl methyl sites for hydroxylation is 1. The third-order valence-corrected chi connectivity index (χ3v) is 6.47. The van der Waals surface area contributed by atoms with Crippen molar-refractivity contribution >= 4 is 17.6 Å². The molecular formula is C28H28N6O2. The monoisotopic (exact) mass is 480 g/mol. The molecule has 8 heteroatoms. The first-order chi connectivity index (χ1) is 17.5. The summed E-state index contributed by atoms with van der Waals surface area (Å²) in [4.78, 5) is 32.0. The van der Waals surface area contributed by atoms with Gasteiger partial charge in [0.1, 0.15) is 5.82 Å². The van der Waals surface area contributed by atoms with Crippen LogP contribution in [0.1, 0.15) is 22.3 Å². The molecule has 2 amide bonds. The topological polar surface area (TPSA) is 106 Å². The second-order valence-electron chi connectivity index (χ2n) is 9.10. The van der Waals surface area contributed by atoms with Crippen LogP contribution in [0.4, 0.5) is 5.82 Å². The van der Waals surface area contributed by atoms with E-state index in [-0.39, 0.29) is 23.7 Å². The van der Waals surface area contributed by atoms with Gasteiger partial charge in [0.2, 0.25) is 5.91 Å². The molecule has 0 saturated carbocycles. The SMILES string of the molecule is Cn1cc(-c2cnc(N)c(C(=O)N[C@@H]3CCN(C(=O)Cc4cccc(-c5ccccc5)c4)C3)c2)cn1. The number of nitrogens with zero attached hydrogens (tertiary/aromatic N) is 4. The van der Waals surface area contributed by atoms with Gasteiger partial charge in [0.15, 0.2) is 0 Å². The van der Waals surface area contributed by atoms with Crippen LogP contribution in [0.5, 0.6) is 0 Å². The minimum Gasteiger partial charge on any atom is -0.383 e. The van der Waals surface area contributed by atoms with Crippen LogP contribution in [0.25, 0.3) is 22.3 Å². The first-order valence-corrected chi connectivity index (χ1v) is 11.9. The molecule has 2 aromatic heterocycles. The van der Waals surface area contributed by atoms with Crippen LogP contribution >= 0.6 is 0 Å². The van der Waals surface area contributed by atoms with E-state index in [1.807, 2.05) is 48.5 Å². The molecule has 1 atom stereocenters. The molecule has 0 bridgehead atoms. The van der Waals surface area contributed by atoms with E-state index in [0.717, 1.165) is 27.8 Å². The number of nitrogens with two attached hydrogens (primary N) is 1. The highest BCUT2D eigenvalue weighted by Gasteiger charge is 2.28. The van der Waals surface area contributed by atoms with Crippen molar-refractivity contribution in [3.8, 4) is 22.3 Å². The lowest BCUT2D eigenvalue weighted by Gasteiger charge is -2.18. The summed E-state index contributed by atoms with van der Waals surface area (Å²) in [5.74, 6) is -0.0679. The molecule has 3 N–H and O–H groups in total. The van der Waals surface area contributed by atoms with E-state index >= 15 is 0 Å². The molecular weight excluding hydrogens is 452 g/mol. The molecule has 8 nitrogen and oxygen atoms in total. The van der Waals surface area contributed by atoms with Gasteiger partial charge in [-0.2, -0.15) is 5.10 Å². The van der Waals surface area contributed by atoms with Gasteiger partial charge >= 0.3 is 0 Å². The molecule has 0 unspecified atom stereocenters. The highest BCUT2D eigenvalue weighted by molar-refractivity contribution is 5.99. The number of carbonyl (C=O) groups is 2. The van der Waals surface area contributed by atoms with Crippen molar-refractivity contribution in [1.29, 1.82) is 0 Å². The Morgan fingerprint density at radius 1 is 1.00 bits per heavy atom. The molecule has 0 radical (unpaired) electrons. The first-order valence-electron chi connectivity index (χ1n) is 11.9. The van der Waals surface area contributed by atoms with Gasteiger partial charge in [0.05, 0.1) is 18.2 Å². The van der Waals surface area contributed by atoms with Crippen molar-refractivity contribution in [3.05, 3.63) is 90.4 Å². The van der Waals surface area contributed by atoms with Gasteiger partial charge < -0.3 is 16.0 Å². The third kappa shape index (κ3) is 5.12. The maximum Gasteiger partial charge on any atom is 0.255 e. The number of aromatic nitrogens is 3. The molecule has 1 fully saturated rings. The first kappa shape index (κ1) is 23.3. The van der Waals surface area contributed by atoms with Crippen LogP contribution in [-0.2, 0) is 18.3 Å². The highest BCUT2D eigenvalue weighted by atomic mass is 16.2. The zero-order valence-electron chi connectivity index (χ0n) is 20.1. The summed E-state index contributed by atoms with van der Waals surface area (Å²) < 4.78 is 1.69. The molecule has 3 heterocycles. The quantitative estimate of drug-likeness (QED) is 0.440.